The first kappa shape index (κ1) is 17.3. The number of rotatable bonds is 3. The number of amides is 2. The Balaban J connectivity index is 1.59. The number of benzene rings is 1. The lowest BCUT2D eigenvalue weighted by molar-refractivity contribution is 0.186. The van der Waals surface area contributed by atoms with Gasteiger partial charge in [-0.2, -0.15) is 0 Å². The van der Waals surface area contributed by atoms with Crippen molar-refractivity contribution in [2.45, 2.75) is 57.9 Å². The first-order chi connectivity index (χ1) is 11.4. The Morgan fingerprint density at radius 2 is 1.75 bits per heavy atom. The van der Waals surface area contributed by atoms with Crippen LogP contribution in [0.1, 0.15) is 52.0 Å². The first-order valence-corrected chi connectivity index (χ1v) is 9.34. The van der Waals surface area contributed by atoms with Crippen molar-refractivity contribution in [2.75, 3.05) is 31.5 Å². The minimum atomic E-state index is 0.0557. The third-order valence-electron chi connectivity index (χ3n) is 5.31. The molecule has 2 aliphatic heterocycles. The van der Waals surface area contributed by atoms with E-state index in [1.807, 2.05) is 17.0 Å². The summed E-state index contributed by atoms with van der Waals surface area (Å²) in [5.74, 6) is 0. The van der Waals surface area contributed by atoms with Crippen LogP contribution in [0.5, 0.6) is 0 Å². The quantitative estimate of drug-likeness (QED) is 0.907. The number of carbonyl (C=O) groups excluding carboxylic acids is 1. The first-order valence-electron chi connectivity index (χ1n) is 9.34. The standard InChI is InChI=1S/C20H31N3O/c1-20(2,3)16-8-10-17(11-9-16)21-19(24)23-14-6-7-18(23)15-22-12-4-5-13-22/h8-11,18H,4-7,12-15H2,1-3H3,(H,21,24)/t18-/m1/s1. The SMILES string of the molecule is CC(C)(C)c1ccc(NC(=O)N2CCC[C@@H]2CN2CCCC2)cc1. The summed E-state index contributed by atoms with van der Waals surface area (Å²) >= 11 is 0. The third kappa shape index (κ3) is 4.10. The van der Waals surface area contributed by atoms with Crippen LogP contribution in [0, 0.1) is 0 Å². The zero-order valence-corrected chi connectivity index (χ0v) is 15.3. The monoisotopic (exact) mass is 329 g/mol. The number of nitrogens with one attached hydrogen (secondary N) is 1. The second-order valence-corrected chi connectivity index (χ2v) is 8.25. The van der Waals surface area contributed by atoms with Gasteiger partial charge in [0.25, 0.3) is 0 Å². The average Bonchev–Trinajstić information content (AvgIpc) is 3.19. The lowest BCUT2D eigenvalue weighted by Crippen LogP contribution is -2.44. The summed E-state index contributed by atoms with van der Waals surface area (Å²) in [7, 11) is 0. The summed E-state index contributed by atoms with van der Waals surface area (Å²) in [4.78, 5) is 17.2. The molecule has 2 saturated heterocycles. The Bertz CT molecular complexity index is 555. The molecular formula is C20H31N3O. The van der Waals surface area contributed by atoms with Crippen LogP contribution in [-0.2, 0) is 5.41 Å². The summed E-state index contributed by atoms with van der Waals surface area (Å²) < 4.78 is 0. The fraction of sp³-hybridized carbons (Fsp3) is 0.650. The van der Waals surface area contributed by atoms with Crippen LogP contribution < -0.4 is 5.32 Å². The van der Waals surface area contributed by atoms with Crippen LogP contribution >= 0.6 is 0 Å². The van der Waals surface area contributed by atoms with Crippen molar-refractivity contribution in [2.24, 2.45) is 0 Å². The zero-order valence-electron chi connectivity index (χ0n) is 15.3. The van der Waals surface area contributed by atoms with Gasteiger partial charge in [-0.25, -0.2) is 4.79 Å². The number of urea groups is 1. The fourth-order valence-electron chi connectivity index (χ4n) is 3.80. The summed E-state index contributed by atoms with van der Waals surface area (Å²) in [6.07, 6.45) is 4.86. The number of anilines is 1. The lowest BCUT2D eigenvalue weighted by atomic mass is 9.87. The van der Waals surface area contributed by atoms with Gasteiger partial charge in [-0.1, -0.05) is 32.9 Å². The summed E-state index contributed by atoms with van der Waals surface area (Å²) in [5.41, 5.74) is 2.31. The Morgan fingerprint density at radius 1 is 1.08 bits per heavy atom. The maximum Gasteiger partial charge on any atom is 0.322 e. The van der Waals surface area contributed by atoms with E-state index in [2.05, 4.69) is 43.1 Å². The van der Waals surface area contributed by atoms with Crippen molar-refractivity contribution < 1.29 is 4.79 Å². The molecule has 3 rings (SSSR count). The van der Waals surface area contributed by atoms with E-state index in [0.717, 1.165) is 31.6 Å². The molecule has 2 amide bonds. The molecule has 24 heavy (non-hydrogen) atoms. The van der Waals surface area contributed by atoms with Gasteiger partial charge in [-0.05, 0) is 61.9 Å². The molecule has 0 saturated carbocycles. The molecule has 4 heteroatoms. The molecule has 2 fully saturated rings. The van der Waals surface area contributed by atoms with Gasteiger partial charge in [-0.3, -0.25) is 0 Å². The van der Waals surface area contributed by atoms with Crippen molar-refractivity contribution in [3.8, 4) is 0 Å². The number of hydrogen-bond acceptors (Lipinski definition) is 2. The minimum Gasteiger partial charge on any atom is -0.320 e. The van der Waals surface area contributed by atoms with Gasteiger partial charge in [0, 0.05) is 24.8 Å². The highest BCUT2D eigenvalue weighted by molar-refractivity contribution is 5.89. The van der Waals surface area contributed by atoms with Gasteiger partial charge in [0.2, 0.25) is 0 Å². The molecule has 0 spiro atoms. The molecule has 0 radical (unpaired) electrons. The molecule has 1 atom stereocenters. The van der Waals surface area contributed by atoms with Crippen LogP contribution in [-0.4, -0.2) is 48.1 Å². The van der Waals surface area contributed by atoms with Gasteiger partial charge in [0.1, 0.15) is 0 Å². The number of carbonyl (C=O) groups is 1. The van der Waals surface area contributed by atoms with E-state index in [4.69, 9.17) is 0 Å². The second-order valence-electron chi connectivity index (χ2n) is 8.25. The Labute approximate surface area is 146 Å². The molecule has 0 bridgehead atoms. The Hall–Kier alpha value is -1.55. The van der Waals surface area contributed by atoms with E-state index in [9.17, 15) is 4.79 Å². The molecule has 0 aliphatic carbocycles. The topological polar surface area (TPSA) is 35.6 Å². The van der Waals surface area contributed by atoms with Gasteiger partial charge in [-0.15, -0.1) is 0 Å². The predicted molar refractivity (Wildman–Crippen MR) is 99.6 cm³/mol. The largest absolute Gasteiger partial charge is 0.322 e. The van der Waals surface area contributed by atoms with Gasteiger partial charge in [0.15, 0.2) is 0 Å². The molecular weight excluding hydrogens is 298 g/mol. The maximum atomic E-state index is 12.7. The van der Waals surface area contributed by atoms with Gasteiger partial charge in [0.05, 0.1) is 0 Å². The van der Waals surface area contributed by atoms with Crippen molar-refractivity contribution in [3.05, 3.63) is 29.8 Å². The van der Waals surface area contributed by atoms with Crippen LogP contribution in [0.3, 0.4) is 0 Å². The highest BCUT2D eigenvalue weighted by atomic mass is 16.2. The van der Waals surface area contributed by atoms with E-state index in [1.165, 1.54) is 31.5 Å². The number of nitrogens with zero attached hydrogens (tertiary/aromatic N) is 2. The van der Waals surface area contributed by atoms with E-state index in [-0.39, 0.29) is 11.4 Å². The van der Waals surface area contributed by atoms with E-state index in [1.54, 1.807) is 0 Å². The Morgan fingerprint density at radius 3 is 2.38 bits per heavy atom. The fourth-order valence-corrected chi connectivity index (χ4v) is 3.80. The van der Waals surface area contributed by atoms with Crippen molar-refractivity contribution >= 4 is 11.7 Å². The third-order valence-corrected chi connectivity index (χ3v) is 5.31. The normalized spacial score (nSPS) is 22.1. The van der Waals surface area contributed by atoms with Crippen LogP contribution in [0.2, 0.25) is 0 Å². The second kappa shape index (κ2) is 7.14. The molecule has 1 aromatic rings. The van der Waals surface area contributed by atoms with Crippen molar-refractivity contribution in [3.63, 3.8) is 0 Å². The minimum absolute atomic E-state index is 0.0557. The lowest BCUT2D eigenvalue weighted by Gasteiger charge is -2.28. The molecule has 0 unspecified atom stereocenters. The highest BCUT2D eigenvalue weighted by Crippen LogP contribution is 2.25. The maximum absolute atomic E-state index is 12.7. The molecule has 1 N–H and O–H groups in total. The van der Waals surface area contributed by atoms with Crippen molar-refractivity contribution in [1.29, 1.82) is 0 Å². The zero-order chi connectivity index (χ0) is 17.2. The van der Waals surface area contributed by atoms with Crippen LogP contribution in [0.25, 0.3) is 0 Å². The average molecular weight is 329 g/mol. The van der Waals surface area contributed by atoms with Crippen LogP contribution in [0.15, 0.2) is 24.3 Å². The summed E-state index contributed by atoms with van der Waals surface area (Å²) in [6.45, 7) is 10.9. The van der Waals surface area contributed by atoms with Crippen LogP contribution in [0.4, 0.5) is 10.5 Å². The molecule has 1 aromatic carbocycles. The summed E-state index contributed by atoms with van der Waals surface area (Å²) in [5, 5.41) is 3.09. The number of hydrogen-bond donors (Lipinski definition) is 1. The van der Waals surface area contributed by atoms with Crippen molar-refractivity contribution in [1.82, 2.24) is 9.80 Å². The van der Waals surface area contributed by atoms with E-state index < -0.39 is 0 Å². The molecule has 0 aromatic heterocycles. The predicted octanol–water partition coefficient (Wildman–Crippen LogP) is 4.08. The molecule has 4 nitrogen and oxygen atoms in total. The highest BCUT2D eigenvalue weighted by Gasteiger charge is 2.30. The summed E-state index contributed by atoms with van der Waals surface area (Å²) in [6, 6.07) is 8.69. The van der Waals surface area contributed by atoms with Gasteiger partial charge < -0.3 is 15.1 Å². The molecule has 132 valence electrons. The number of likely N-dealkylation sites (tertiary alicyclic amines) is 2. The molecule has 2 heterocycles. The Kier molecular flexibility index (Phi) is 5.14. The van der Waals surface area contributed by atoms with E-state index >= 15 is 0 Å². The van der Waals surface area contributed by atoms with Gasteiger partial charge >= 0.3 is 6.03 Å². The molecule has 2 aliphatic rings. The van der Waals surface area contributed by atoms with E-state index in [0.29, 0.717) is 6.04 Å². The smallest absolute Gasteiger partial charge is 0.320 e.